The summed E-state index contributed by atoms with van der Waals surface area (Å²) in [4.78, 5) is 21.1. The standard InChI is InChI=1S/C17H22N6O3/c1-22(11-12-6-3-2-4-7-12)17-20-15(18)14(23(24)25)16(21-17)19-10-13-8-5-9-26-13/h2-4,6-7,13H,5,8-11H2,1H3,(H3,18,19,20,21). The van der Waals surface area contributed by atoms with Gasteiger partial charge in [-0.05, 0) is 18.4 Å². The highest BCUT2D eigenvalue weighted by Gasteiger charge is 2.25. The van der Waals surface area contributed by atoms with Crippen LogP contribution in [-0.2, 0) is 11.3 Å². The third kappa shape index (κ3) is 4.17. The molecular formula is C17H22N6O3. The summed E-state index contributed by atoms with van der Waals surface area (Å²) in [5.74, 6) is 0.287. The average molecular weight is 358 g/mol. The highest BCUT2D eigenvalue weighted by atomic mass is 16.6. The first-order valence-electron chi connectivity index (χ1n) is 8.47. The number of hydrogen-bond acceptors (Lipinski definition) is 8. The van der Waals surface area contributed by atoms with Gasteiger partial charge in [-0.3, -0.25) is 10.1 Å². The normalized spacial score (nSPS) is 16.4. The Labute approximate surface area is 151 Å². The molecule has 0 spiro atoms. The number of nitrogens with two attached hydrogens (primary N) is 1. The molecule has 1 unspecified atom stereocenters. The molecule has 0 bridgehead atoms. The van der Waals surface area contributed by atoms with Gasteiger partial charge in [0.2, 0.25) is 17.6 Å². The van der Waals surface area contributed by atoms with Gasteiger partial charge >= 0.3 is 5.69 Å². The minimum absolute atomic E-state index is 0.0243. The predicted molar refractivity (Wildman–Crippen MR) is 99.1 cm³/mol. The van der Waals surface area contributed by atoms with Gasteiger partial charge in [0.1, 0.15) is 0 Å². The van der Waals surface area contributed by atoms with Gasteiger partial charge in [0.25, 0.3) is 0 Å². The number of rotatable bonds is 7. The van der Waals surface area contributed by atoms with Crippen molar-refractivity contribution >= 4 is 23.3 Å². The number of nitrogens with zero attached hydrogens (tertiary/aromatic N) is 4. The molecule has 2 heterocycles. The lowest BCUT2D eigenvalue weighted by atomic mass is 10.2. The summed E-state index contributed by atoms with van der Waals surface area (Å²) in [6.07, 6.45) is 1.93. The van der Waals surface area contributed by atoms with Gasteiger partial charge < -0.3 is 20.7 Å². The molecule has 1 saturated heterocycles. The van der Waals surface area contributed by atoms with Gasteiger partial charge in [-0.2, -0.15) is 9.97 Å². The zero-order chi connectivity index (χ0) is 18.5. The Morgan fingerprint density at radius 1 is 1.38 bits per heavy atom. The van der Waals surface area contributed by atoms with Crippen LogP contribution < -0.4 is 16.0 Å². The summed E-state index contributed by atoms with van der Waals surface area (Å²) in [6, 6.07) is 9.81. The fraction of sp³-hybridized carbons (Fsp3) is 0.412. The molecule has 3 rings (SSSR count). The number of nitrogen functional groups attached to an aromatic ring is 1. The van der Waals surface area contributed by atoms with E-state index in [0.717, 1.165) is 18.4 Å². The lowest BCUT2D eigenvalue weighted by Crippen LogP contribution is -2.23. The monoisotopic (exact) mass is 358 g/mol. The summed E-state index contributed by atoms with van der Waals surface area (Å²) >= 11 is 0. The molecule has 1 atom stereocenters. The minimum atomic E-state index is -0.561. The van der Waals surface area contributed by atoms with Crippen LogP contribution in [0.5, 0.6) is 0 Å². The SMILES string of the molecule is CN(Cc1ccccc1)c1nc(N)c([N+](=O)[O-])c(NCC2CCCO2)n1. The molecule has 26 heavy (non-hydrogen) atoms. The Morgan fingerprint density at radius 2 is 2.15 bits per heavy atom. The summed E-state index contributed by atoms with van der Waals surface area (Å²) < 4.78 is 5.54. The van der Waals surface area contributed by atoms with Crippen molar-refractivity contribution in [2.24, 2.45) is 0 Å². The second-order valence-electron chi connectivity index (χ2n) is 6.22. The molecule has 2 aromatic rings. The molecule has 1 aliphatic heterocycles. The molecule has 138 valence electrons. The molecule has 0 radical (unpaired) electrons. The van der Waals surface area contributed by atoms with Gasteiger partial charge in [0.15, 0.2) is 0 Å². The average Bonchev–Trinajstić information content (AvgIpc) is 3.13. The van der Waals surface area contributed by atoms with Gasteiger partial charge in [0, 0.05) is 26.7 Å². The number of benzene rings is 1. The molecule has 0 amide bonds. The maximum Gasteiger partial charge on any atom is 0.353 e. The van der Waals surface area contributed by atoms with E-state index in [0.29, 0.717) is 25.6 Å². The smallest absolute Gasteiger partial charge is 0.353 e. The van der Waals surface area contributed by atoms with Crippen LogP contribution in [0.1, 0.15) is 18.4 Å². The van der Waals surface area contributed by atoms with E-state index in [-0.39, 0.29) is 23.4 Å². The van der Waals surface area contributed by atoms with Crippen molar-refractivity contribution in [1.29, 1.82) is 0 Å². The van der Waals surface area contributed by atoms with E-state index in [9.17, 15) is 10.1 Å². The van der Waals surface area contributed by atoms with Crippen molar-refractivity contribution in [2.45, 2.75) is 25.5 Å². The van der Waals surface area contributed by atoms with Crippen molar-refractivity contribution in [3.8, 4) is 0 Å². The highest BCUT2D eigenvalue weighted by molar-refractivity contribution is 5.70. The molecule has 1 aromatic heterocycles. The third-order valence-corrected chi connectivity index (χ3v) is 4.21. The zero-order valence-electron chi connectivity index (χ0n) is 14.6. The first-order valence-corrected chi connectivity index (χ1v) is 8.47. The summed E-state index contributed by atoms with van der Waals surface area (Å²) in [5, 5.41) is 14.4. The van der Waals surface area contributed by atoms with E-state index < -0.39 is 4.92 Å². The summed E-state index contributed by atoms with van der Waals surface area (Å²) in [5.41, 5.74) is 6.62. The van der Waals surface area contributed by atoms with Crippen molar-refractivity contribution in [1.82, 2.24) is 9.97 Å². The summed E-state index contributed by atoms with van der Waals surface area (Å²) in [7, 11) is 1.82. The minimum Gasteiger partial charge on any atom is -0.378 e. The molecule has 3 N–H and O–H groups in total. The molecule has 1 aromatic carbocycles. The number of nitro groups is 1. The van der Waals surface area contributed by atoms with Crippen LogP contribution in [0.3, 0.4) is 0 Å². The third-order valence-electron chi connectivity index (χ3n) is 4.21. The van der Waals surface area contributed by atoms with E-state index in [1.165, 1.54) is 0 Å². The number of nitrogens with one attached hydrogen (secondary N) is 1. The second kappa shape index (κ2) is 7.96. The maximum absolute atomic E-state index is 11.4. The van der Waals surface area contributed by atoms with E-state index >= 15 is 0 Å². The number of anilines is 3. The Kier molecular flexibility index (Phi) is 5.47. The lowest BCUT2D eigenvalue weighted by Gasteiger charge is -2.19. The first kappa shape index (κ1) is 17.9. The second-order valence-corrected chi connectivity index (χ2v) is 6.22. The van der Waals surface area contributed by atoms with Gasteiger partial charge in [0.05, 0.1) is 11.0 Å². The molecule has 0 saturated carbocycles. The highest BCUT2D eigenvalue weighted by Crippen LogP contribution is 2.30. The molecule has 9 heteroatoms. The Morgan fingerprint density at radius 3 is 2.81 bits per heavy atom. The van der Waals surface area contributed by atoms with E-state index in [1.54, 1.807) is 4.90 Å². The Hall–Kier alpha value is -2.94. The van der Waals surface area contributed by atoms with E-state index in [4.69, 9.17) is 10.5 Å². The van der Waals surface area contributed by atoms with Crippen molar-refractivity contribution in [2.75, 3.05) is 36.1 Å². The van der Waals surface area contributed by atoms with Crippen LogP contribution in [0, 0.1) is 10.1 Å². The van der Waals surface area contributed by atoms with Crippen LogP contribution in [0.15, 0.2) is 30.3 Å². The lowest BCUT2D eigenvalue weighted by molar-refractivity contribution is -0.383. The Balaban J connectivity index is 1.82. The van der Waals surface area contributed by atoms with Crippen LogP contribution >= 0.6 is 0 Å². The maximum atomic E-state index is 11.4. The van der Waals surface area contributed by atoms with E-state index in [1.807, 2.05) is 37.4 Å². The molecule has 0 aliphatic carbocycles. The number of hydrogen-bond donors (Lipinski definition) is 2. The molecule has 9 nitrogen and oxygen atoms in total. The quantitative estimate of drug-likeness (QED) is 0.571. The van der Waals surface area contributed by atoms with Crippen molar-refractivity contribution in [3.63, 3.8) is 0 Å². The molecule has 1 fully saturated rings. The molecular weight excluding hydrogens is 336 g/mol. The predicted octanol–water partition coefficient (Wildman–Crippen LogP) is 2.19. The number of aromatic nitrogens is 2. The largest absolute Gasteiger partial charge is 0.378 e. The van der Waals surface area contributed by atoms with Crippen LogP contribution in [0.4, 0.5) is 23.3 Å². The van der Waals surface area contributed by atoms with Crippen LogP contribution in [0.25, 0.3) is 0 Å². The van der Waals surface area contributed by atoms with Gasteiger partial charge in [-0.1, -0.05) is 30.3 Å². The zero-order valence-corrected chi connectivity index (χ0v) is 14.6. The molecule has 1 aliphatic rings. The Bertz CT molecular complexity index is 765. The fourth-order valence-corrected chi connectivity index (χ4v) is 2.88. The van der Waals surface area contributed by atoms with Crippen molar-refractivity contribution in [3.05, 3.63) is 46.0 Å². The van der Waals surface area contributed by atoms with E-state index in [2.05, 4.69) is 15.3 Å². The summed E-state index contributed by atoms with van der Waals surface area (Å²) in [6.45, 7) is 1.72. The van der Waals surface area contributed by atoms with Gasteiger partial charge in [-0.25, -0.2) is 0 Å². The fourth-order valence-electron chi connectivity index (χ4n) is 2.88. The topological polar surface area (TPSA) is 119 Å². The van der Waals surface area contributed by atoms with Crippen molar-refractivity contribution < 1.29 is 9.66 Å². The number of ether oxygens (including phenoxy) is 1. The van der Waals surface area contributed by atoms with Gasteiger partial charge in [-0.15, -0.1) is 0 Å². The first-order chi connectivity index (χ1) is 12.5. The van der Waals surface area contributed by atoms with Crippen LogP contribution in [0.2, 0.25) is 0 Å². The van der Waals surface area contributed by atoms with Crippen LogP contribution in [-0.4, -0.2) is 41.2 Å².